The monoisotopic (exact) mass is 384 g/mol. The summed E-state index contributed by atoms with van der Waals surface area (Å²) in [5, 5.41) is 11.5. The van der Waals surface area contributed by atoms with Crippen molar-refractivity contribution in [1.29, 1.82) is 0 Å². The number of anilines is 2. The molecule has 1 heterocycles. The second-order valence-electron chi connectivity index (χ2n) is 5.64. The third kappa shape index (κ3) is 4.71. The van der Waals surface area contributed by atoms with E-state index >= 15 is 0 Å². The highest BCUT2D eigenvalue weighted by Gasteiger charge is 2.09. The fourth-order valence-electron chi connectivity index (χ4n) is 2.40. The molecule has 27 heavy (non-hydrogen) atoms. The molecule has 0 radical (unpaired) electrons. The summed E-state index contributed by atoms with van der Waals surface area (Å²) >= 11 is 6.11. The number of hydrogen-bond acceptors (Lipinski definition) is 6. The predicted octanol–water partition coefficient (Wildman–Crippen LogP) is 3.33. The molecule has 2 aromatic carbocycles. The van der Waals surface area contributed by atoms with E-state index in [0.29, 0.717) is 22.9 Å². The Morgan fingerprint density at radius 3 is 2.56 bits per heavy atom. The number of carbonyl (C=O) groups excluding carboxylic acids is 1. The van der Waals surface area contributed by atoms with E-state index in [-0.39, 0.29) is 29.6 Å². The Kier molecular flexibility index (Phi) is 5.83. The van der Waals surface area contributed by atoms with Crippen molar-refractivity contribution in [3.63, 3.8) is 0 Å². The van der Waals surface area contributed by atoms with E-state index in [2.05, 4.69) is 20.5 Å². The molecule has 0 aliphatic carbocycles. The highest BCUT2D eigenvalue weighted by molar-refractivity contribution is 6.31. The van der Waals surface area contributed by atoms with Crippen molar-refractivity contribution in [2.24, 2.45) is 0 Å². The van der Waals surface area contributed by atoms with Gasteiger partial charge in [0.2, 0.25) is 5.95 Å². The largest absolute Gasteiger partial charge is 0.462 e. The standard InChI is InChI=1S/C19H17ClN4O3/c1-2-27-18(26)12-7-9-14(10-8-12)21-19-22-17(25)16(23-24-19)11-13-5-3-4-6-15(13)20/h3-10H,2,11H2,1H3,(H2,21,22,24,25). The van der Waals surface area contributed by atoms with Gasteiger partial charge in [0.15, 0.2) is 0 Å². The Morgan fingerprint density at radius 2 is 1.89 bits per heavy atom. The first-order chi connectivity index (χ1) is 13.1. The zero-order chi connectivity index (χ0) is 19.2. The van der Waals surface area contributed by atoms with Gasteiger partial charge in [-0.3, -0.25) is 9.78 Å². The summed E-state index contributed by atoms with van der Waals surface area (Å²) in [7, 11) is 0. The maximum atomic E-state index is 12.3. The van der Waals surface area contributed by atoms with Crippen LogP contribution in [0.15, 0.2) is 53.3 Å². The quantitative estimate of drug-likeness (QED) is 0.633. The molecule has 0 saturated heterocycles. The van der Waals surface area contributed by atoms with E-state index in [1.165, 1.54) is 0 Å². The smallest absolute Gasteiger partial charge is 0.338 e. The Balaban J connectivity index is 1.71. The number of aromatic nitrogens is 3. The summed E-state index contributed by atoms with van der Waals surface area (Å²) < 4.78 is 4.93. The number of nitrogens with one attached hydrogen (secondary N) is 2. The topological polar surface area (TPSA) is 97.0 Å². The van der Waals surface area contributed by atoms with Gasteiger partial charge in [-0.25, -0.2) is 4.79 Å². The molecule has 0 spiro atoms. The van der Waals surface area contributed by atoms with Crippen LogP contribution in [-0.4, -0.2) is 27.8 Å². The number of carbonyl (C=O) groups is 1. The van der Waals surface area contributed by atoms with E-state index in [0.717, 1.165) is 5.56 Å². The lowest BCUT2D eigenvalue weighted by Gasteiger charge is -2.07. The van der Waals surface area contributed by atoms with Crippen molar-refractivity contribution < 1.29 is 9.53 Å². The number of rotatable bonds is 6. The SMILES string of the molecule is CCOC(=O)c1ccc(Nc2nnc(Cc3ccccc3Cl)c(=O)[nH]2)cc1. The van der Waals surface area contributed by atoms with E-state index in [1.54, 1.807) is 37.3 Å². The van der Waals surface area contributed by atoms with Gasteiger partial charge in [0, 0.05) is 17.1 Å². The normalized spacial score (nSPS) is 10.4. The third-order valence-electron chi connectivity index (χ3n) is 3.74. The molecular weight excluding hydrogens is 368 g/mol. The van der Waals surface area contributed by atoms with Crippen molar-refractivity contribution in [1.82, 2.24) is 15.2 Å². The van der Waals surface area contributed by atoms with Crippen molar-refractivity contribution in [2.75, 3.05) is 11.9 Å². The van der Waals surface area contributed by atoms with Crippen molar-refractivity contribution in [3.8, 4) is 0 Å². The van der Waals surface area contributed by atoms with Gasteiger partial charge in [-0.15, -0.1) is 10.2 Å². The molecule has 3 aromatic rings. The van der Waals surface area contributed by atoms with Crippen LogP contribution in [-0.2, 0) is 11.2 Å². The first-order valence-corrected chi connectivity index (χ1v) is 8.68. The molecule has 0 unspecified atom stereocenters. The summed E-state index contributed by atoms with van der Waals surface area (Å²) in [6, 6.07) is 13.9. The summed E-state index contributed by atoms with van der Waals surface area (Å²) in [5.41, 5.74) is 1.81. The summed E-state index contributed by atoms with van der Waals surface area (Å²) in [6.45, 7) is 2.06. The van der Waals surface area contributed by atoms with Crippen LogP contribution in [0.5, 0.6) is 0 Å². The molecule has 0 aliphatic rings. The molecule has 7 nitrogen and oxygen atoms in total. The minimum atomic E-state index is -0.388. The lowest BCUT2D eigenvalue weighted by Crippen LogP contribution is -2.19. The van der Waals surface area contributed by atoms with E-state index in [1.807, 2.05) is 18.2 Å². The van der Waals surface area contributed by atoms with Gasteiger partial charge in [-0.1, -0.05) is 29.8 Å². The second-order valence-corrected chi connectivity index (χ2v) is 6.05. The fourth-order valence-corrected chi connectivity index (χ4v) is 2.60. The molecule has 2 N–H and O–H groups in total. The third-order valence-corrected chi connectivity index (χ3v) is 4.11. The molecule has 0 aliphatic heterocycles. The molecule has 1 aromatic heterocycles. The molecule has 0 saturated carbocycles. The maximum Gasteiger partial charge on any atom is 0.338 e. The van der Waals surface area contributed by atoms with Crippen molar-refractivity contribution in [2.45, 2.75) is 13.3 Å². The Labute approximate surface area is 160 Å². The Bertz CT molecular complexity index is 1000. The van der Waals surface area contributed by atoms with Crippen molar-refractivity contribution >= 4 is 29.2 Å². The Morgan fingerprint density at radius 1 is 1.15 bits per heavy atom. The molecule has 0 fully saturated rings. The number of benzene rings is 2. The van der Waals surface area contributed by atoms with Gasteiger partial charge in [0.1, 0.15) is 5.69 Å². The number of hydrogen-bond donors (Lipinski definition) is 2. The molecule has 3 rings (SSSR count). The van der Waals surface area contributed by atoms with Crippen molar-refractivity contribution in [3.05, 3.63) is 80.7 Å². The van der Waals surface area contributed by atoms with E-state index in [4.69, 9.17) is 16.3 Å². The number of nitrogens with zero attached hydrogens (tertiary/aromatic N) is 2. The lowest BCUT2D eigenvalue weighted by molar-refractivity contribution is 0.0526. The number of aromatic amines is 1. The summed E-state index contributed by atoms with van der Waals surface area (Å²) in [4.78, 5) is 26.6. The number of halogens is 1. The van der Waals surface area contributed by atoms with Gasteiger partial charge in [0.25, 0.3) is 5.56 Å². The fraction of sp³-hybridized carbons (Fsp3) is 0.158. The summed E-state index contributed by atoms with van der Waals surface area (Å²) in [6.07, 6.45) is 0.288. The first-order valence-electron chi connectivity index (χ1n) is 8.30. The first kappa shape index (κ1) is 18.6. The van der Waals surface area contributed by atoms with Crippen LogP contribution in [0.2, 0.25) is 5.02 Å². The van der Waals surface area contributed by atoms with Gasteiger partial charge in [-0.2, -0.15) is 0 Å². The van der Waals surface area contributed by atoms with E-state index < -0.39 is 0 Å². The van der Waals surface area contributed by atoms with Crippen LogP contribution in [0.3, 0.4) is 0 Å². The summed E-state index contributed by atoms with van der Waals surface area (Å²) in [5.74, 6) is -0.187. The highest BCUT2D eigenvalue weighted by atomic mass is 35.5. The van der Waals surface area contributed by atoms with Crippen LogP contribution in [0, 0.1) is 0 Å². The van der Waals surface area contributed by atoms with E-state index in [9.17, 15) is 9.59 Å². The van der Waals surface area contributed by atoms with Crippen LogP contribution >= 0.6 is 11.6 Å². The number of H-pyrrole nitrogens is 1. The van der Waals surface area contributed by atoms with Crippen LogP contribution < -0.4 is 10.9 Å². The van der Waals surface area contributed by atoms with Crippen LogP contribution in [0.1, 0.15) is 28.5 Å². The molecule has 8 heteroatoms. The molecule has 0 bridgehead atoms. The molecule has 0 amide bonds. The lowest BCUT2D eigenvalue weighted by atomic mass is 10.1. The minimum Gasteiger partial charge on any atom is -0.462 e. The molecule has 138 valence electrons. The van der Waals surface area contributed by atoms with Gasteiger partial charge in [0.05, 0.1) is 12.2 Å². The second kappa shape index (κ2) is 8.46. The van der Waals surface area contributed by atoms with Gasteiger partial charge >= 0.3 is 5.97 Å². The van der Waals surface area contributed by atoms with Gasteiger partial charge in [-0.05, 0) is 42.8 Å². The number of ether oxygens (including phenoxy) is 1. The number of esters is 1. The molecular formula is C19H17ClN4O3. The maximum absolute atomic E-state index is 12.3. The Hall–Kier alpha value is -3.19. The average molecular weight is 385 g/mol. The highest BCUT2D eigenvalue weighted by Crippen LogP contribution is 2.17. The predicted molar refractivity (Wildman–Crippen MR) is 103 cm³/mol. The van der Waals surface area contributed by atoms with Gasteiger partial charge < -0.3 is 10.1 Å². The van der Waals surface area contributed by atoms with Crippen LogP contribution in [0.25, 0.3) is 0 Å². The zero-order valence-corrected chi connectivity index (χ0v) is 15.3. The molecule has 0 atom stereocenters. The average Bonchev–Trinajstić information content (AvgIpc) is 2.66. The minimum absolute atomic E-state index is 0.201. The van der Waals surface area contributed by atoms with Crippen LogP contribution in [0.4, 0.5) is 11.6 Å². The zero-order valence-electron chi connectivity index (χ0n) is 14.5.